The van der Waals surface area contributed by atoms with Crippen molar-refractivity contribution < 1.29 is 64.0 Å². The number of hydrogen-bond donors (Lipinski definition) is 0. The van der Waals surface area contributed by atoms with Crippen LogP contribution in [0.2, 0.25) is 0 Å². The number of Topliss-reactive ketones (excluding diaryl/α,β-unsaturated/α-hetero) is 2. The summed E-state index contributed by atoms with van der Waals surface area (Å²) in [4.78, 5) is 76.9. The zero-order valence-corrected chi connectivity index (χ0v) is 50.3. The Balaban J connectivity index is 0.000000291. The highest BCUT2D eigenvalue weighted by molar-refractivity contribution is 7.87. The van der Waals surface area contributed by atoms with E-state index >= 15 is 0 Å². The summed E-state index contributed by atoms with van der Waals surface area (Å²) in [7, 11) is -1.24. The van der Waals surface area contributed by atoms with Crippen molar-refractivity contribution >= 4 is 51.1 Å². The fourth-order valence-electron chi connectivity index (χ4n) is 14.1. The Labute approximate surface area is 530 Å². The summed E-state index contributed by atoms with van der Waals surface area (Å²) >= 11 is 0. The van der Waals surface area contributed by atoms with E-state index in [4.69, 9.17) is 14.2 Å². The minimum absolute atomic E-state index is 0. The van der Waals surface area contributed by atoms with Crippen molar-refractivity contribution in [3.8, 4) is 0 Å². The number of ether oxygens (including phenoxy) is 3. The highest BCUT2D eigenvalue weighted by atomic mass is 32.2. The summed E-state index contributed by atoms with van der Waals surface area (Å²) in [6.45, 7) is 6.34. The number of nitrogens with zero attached hydrogens (tertiary/aromatic N) is 7. The molecule has 0 aromatic carbocycles. The lowest BCUT2D eigenvalue weighted by Gasteiger charge is -2.44. The van der Waals surface area contributed by atoms with Crippen LogP contribution in [0.25, 0.3) is 11.1 Å². The second kappa shape index (κ2) is 35.7. The molecule has 89 heavy (non-hydrogen) atoms. The summed E-state index contributed by atoms with van der Waals surface area (Å²) in [5.41, 5.74) is -0.170. The first-order chi connectivity index (χ1) is 40.3. The maximum atomic E-state index is 12.4. The van der Waals surface area contributed by atoms with Gasteiger partial charge >= 0.3 is 33.9 Å². The van der Waals surface area contributed by atoms with E-state index in [-0.39, 0.29) is 92.3 Å². The topological polar surface area (TPSA) is 198 Å². The number of piperidine rings is 7. The van der Waals surface area contributed by atoms with Gasteiger partial charge in [-0.2, -0.15) is 21.6 Å². The SMILES string of the molecule is C.C.C.C.C.CCOC(=O)N1C2C=C(OS(=O)(=O)C(F)(F)F)CC1CCC2.CCOC(=O)N1C2C=C(c3cccnc3)CC1CCC2.CCOC(=O)N1C2CCCC1CC(=O)C2.CN1C2C=C(c3cccnc3)CC1CCC2.CN1C2CCCC1CC(=O)C2. The molecule has 2 aromatic rings. The molecule has 0 aliphatic carbocycles. The number of amides is 3. The normalized spacial score (nSPS) is 27.2. The molecule has 0 N–H and O–H groups in total. The van der Waals surface area contributed by atoms with E-state index in [0.29, 0.717) is 68.6 Å². The molecular weight excluding hydrogens is 1170 g/mol. The standard InChI is InChI=1S/C16H20N2O2.C14H18N2.C12H16F3NO5S.C11H17NO3.C9H15NO.5CH4/c1-2-20-16(19)18-14-6-3-7-15(18)10-13(9-14)12-5-4-8-17-11-12;1-16-13-5-2-6-14(16)9-12(8-13)11-4-3-7-15-10-11;1-2-20-11(17)16-8-4-3-5-9(16)7-10(6-8)21-22(18,19)12(13,14)15;1-2-15-11(14)12-8-4-3-5-9(12)7-10(13)6-8;1-10-7-3-2-4-8(10)6-9(11)5-7;;;;;/h4-5,8-9,11,14-15H,2-3,6-7,10H2,1H3;3-4,7-8,10,13-14H,2,5-6,9H2,1H3;6,8-9H,2-5,7H2,1H3;8-9H,2-7H2,1H3;7-8H,2-6H2,1H3;5*1H4. The Hall–Kier alpha value is -5.87. The third-order valence-electron chi connectivity index (χ3n) is 18.2. The van der Waals surface area contributed by atoms with Gasteiger partial charge in [0.2, 0.25) is 0 Å². The van der Waals surface area contributed by atoms with E-state index in [1.807, 2.05) is 49.5 Å². The quantitative estimate of drug-likeness (QED) is 0.144. The van der Waals surface area contributed by atoms with Crippen LogP contribution in [0.15, 0.2) is 73.0 Å². The van der Waals surface area contributed by atoms with Crippen molar-refractivity contribution in [1.29, 1.82) is 0 Å². The molecule has 10 atom stereocenters. The van der Waals surface area contributed by atoms with Gasteiger partial charge in [-0.15, -0.1) is 0 Å². The van der Waals surface area contributed by atoms with Crippen molar-refractivity contribution in [1.82, 2.24) is 34.5 Å². The van der Waals surface area contributed by atoms with E-state index in [2.05, 4.69) is 62.3 Å². The van der Waals surface area contributed by atoms with Crippen molar-refractivity contribution in [2.24, 2.45) is 0 Å². The predicted molar refractivity (Wildman–Crippen MR) is 344 cm³/mol. The molecule has 10 aliphatic heterocycles. The Kier molecular flexibility index (Phi) is 31.0. The molecule has 3 amide bonds. The fourth-order valence-corrected chi connectivity index (χ4v) is 14.6. The van der Waals surface area contributed by atoms with E-state index in [1.54, 1.807) is 18.0 Å². The summed E-state index contributed by atoms with van der Waals surface area (Å²) < 4.78 is 78.6. The lowest BCUT2D eigenvalue weighted by atomic mass is 9.83. The van der Waals surface area contributed by atoms with Gasteiger partial charge in [0.1, 0.15) is 17.3 Å². The summed E-state index contributed by atoms with van der Waals surface area (Å²) in [6, 6.07) is 10.6. The molecule has 502 valence electrons. The monoisotopic (exact) mass is 1270 g/mol. The van der Waals surface area contributed by atoms with Crippen LogP contribution in [0.4, 0.5) is 27.6 Å². The van der Waals surface area contributed by atoms with Crippen LogP contribution in [0, 0.1) is 0 Å². The molecule has 0 spiro atoms. The number of carbonyl (C=O) groups excluding carboxylic acids is 5. The van der Waals surface area contributed by atoms with Crippen LogP contribution >= 0.6 is 0 Å². The molecule has 0 saturated carbocycles. The number of fused-ring (bicyclic) bond motifs is 10. The highest BCUT2D eigenvalue weighted by Gasteiger charge is 2.50. The number of aromatic nitrogens is 2. The van der Waals surface area contributed by atoms with Gasteiger partial charge in [-0.3, -0.25) is 39.2 Å². The zero-order valence-electron chi connectivity index (χ0n) is 49.5. The lowest BCUT2D eigenvalue weighted by Crippen LogP contribution is -2.55. The van der Waals surface area contributed by atoms with Crippen LogP contribution in [-0.4, -0.2) is 173 Å². The van der Waals surface area contributed by atoms with Crippen LogP contribution in [0.1, 0.15) is 210 Å². The number of halogens is 3. The predicted octanol–water partition coefficient (Wildman–Crippen LogP) is 14.6. The summed E-state index contributed by atoms with van der Waals surface area (Å²) in [5.74, 6) is 0.510. The Bertz CT molecular complexity index is 2760. The van der Waals surface area contributed by atoms with Gasteiger partial charge in [0.25, 0.3) is 0 Å². The number of pyridine rings is 2. The average Bonchev–Trinajstić information content (AvgIpc) is 1.13. The summed E-state index contributed by atoms with van der Waals surface area (Å²) in [6.07, 6.45) is 33.2. The van der Waals surface area contributed by atoms with E-state index in [1.165, 1.54) is 84.6 Å². The minimum atomic E-state index is -5.68. The molecule has 22 heteroatoms. The molecule has 10 aliphatic rings. The van der Waals surface area contributed by atoms with Gasteiger partial charge in [-0.1, -0.05) is 74.3 Å². The highest BCUT2D eigenvalue weighted by Crippen LogP contribution is 2.40. The number of ketones is 2. The minimum Gasteiger partial charge on any atom is -0.450 e. The number of alkyl halides is 3. The van der Waals surface area contributed by atoms with Crippen LogP contribution < -0.4 is 0 Å². The molecule has 18 nitrogen and oxygen atoms in total. The first-order valence-corrected chi connectivity index (χ1v) is 32.0. The second-order valence-corrected chi connectivity index (χ2v) is 25.1. The molecule has 2 aromatic heterocycles. The smallest absolute Gasteiger partial charge is 0.450 e. The maximum absolute atomic E-state index is 12.4. The molecule has 12 heterocycles. The van der Waals surface area contributed by atoms with Gasteiger partial charge in [0, 0.05) is 105 Å². The molecular formula is C67H106F3N7O11S. The Morgan fingerprint density at radius 1 is 0.494 bits per heavy atom. The van der Waals surface area contributed by atoms with Gasteiger partial charge < -0.3 is 23.3 Å². The number of hydrogen-bond acceptors (Lipinski definition) is 15. The first kappa shape index (κ1) is 77.4. The molecule has 12 rings (SSSR count). The third kappa shape index (κ3) is 19.8. The maximum Gasteiger partial charge on any atom is 0.534 e. The van der Waals surface area contributed by atoms with Gasteiger partial charge in [-0.05, 0) is 172 Å². The van der Waals surface area contributed by atoms with Gasteiger partial charge in [-0.25, -0.2) is 14.4 Å². The molecule has 7 fully saturated rings. The van der Waals surface area contributed by atoms with Crippen molar-refractivity contribution in [2.75, 3.05) is 33.9 Å². The van der Waals surface area contributed by atoms with Crippen LogP contribution in [-0.2, 0) is 38.1 Å². The number of rotatable bonds is 7. The van der Waals surface area contributed by atoms with Crippen LogP contribution in [0.5, 0.6) is 0 Å². The molecule has 10 bridgehead atoms. The Morgan fingerprint density at radius 3 is 1.24 bits per heavy atom. The lowest BCUT2D eigenvalue weighted by molar-refractivity contribution is -0.127. The first-order valence-electron chi connectivity index (χ1n) is 30.5. The van der Waals surface area contributed by atoms with E-state index < -0.39 is 33.8 Å². The van der Waals surface area contributed by atoms with Crippen molar-refractivity contribution in [2.45, 2.75) is 265 Å². The van der Waals surface area contributed by atoms with E-state index in [9.17, 15) is 45.6 Å². The zero-order chi connectivity index (χ0) is 60.1. The van der Waals surface area contributed by atoms with Crippen molar-refractivity contribution in [3.63, 3.8) is 0 Å². The van der Waals surface area contributed by atoms with E-state index in [0.717, 1.165) is 63.8 Å². The second-order valence-electron chi connectivity index (χ2n) is 23.6. The average molecular weight is 1270 g/mol. The molecule has 10 unspecified atom stereocenters. The third-order valence-corrected chi connectivity index (χ3v) is 19.2. The van der Waals surface area contributed by atoms with Crippen LogP contribution in [0.3, 0.4) is 0 Å². The van der Waals surface area contributed by atoms with Gasteiger partial charge in [0.15, 0.2) is 0 Å². The molecule has 0 radical (unpaired) electrons. The summed E-state index contributed by atoms with van der Waals surface area (Å²) in [5, 5.41) is 0. The fraction of sp³-hybridized carbons (Fsp3) is 0.687. The largest absolute Gasteiger partial charge is 0.534 e. The van der Waals surface area contributed by atoms with Gasteiger partial charge in [0.05, 0.1) is 31.9 Å². The number of carbonyl (C=O) groups is 5. The van der Waals surface area contributed by atoms with Crippen molar-refractivity contribution in [3.05, 3.63) is 84.2 Å². The number of likely N-dealkylation sites (N-methyl/N-ethyl adjacent to an activating group) is 1. The Morgan fingerprint density at radius 2 is 0.843 bits per heavy atom. The molecule has 7 saturated heterocycles.